The molecule has 0 rings (SSSR count). The van der Waals surface area contributed by atoms with Crippen molar-refractivity contribution in [2.24, 2.45) is 17.4 Å². The van der Waals surface area contributed by atoms with E-state index >= 15 is 0 Å². The standard InChI is InChI=1S/C5H13N5O2/c1-10(8)5(12)3(6)2-4(11)9-7/h3H,2,6-8H2,1H3,(H,9,11)/t3-/m0/s1. The quantitative estimate of drug-likeness (QED) is 0.207. The Bertz CT molecular complexity index is 181. The number of carbonyl (C=O) groups excluding carboxylic acids is 2. The number of carbonyl (C=O) groups is 2. The zero-order chi connectivity index (χ0) is 9.72. The van der Waals surface area contributed by atoms with E-state index in [2.05, 4.69) is 0 Å². The van der Waals surface area contributed by atoms with E-state index in [0.717, 1.165) is 5.01 Å². The van der Waals surface area contributed by atoms with Crippen LogP contribution in [0.4, 0.5) is 0 Å². The maximum atomic E-state index is 10.9. The Morgan fingerprint density at radius 1 is 1.58 bits per heavy atom. The molecular weight excluding hydrogens is 162 g/mol. The lowest BCUT2D eigenvalue weighted by Gasteiger charge is -2.14. The van der Waals surface area contributed by atoms with Crippen LogP contribution in [0.1, 0.15) is 6.42 Å². The molecule has 0 heterocycles. The summed E-state index contributed by atoms with van der Waals surface area (Å²) in [7, 11) is 1.35. The van der Waals surface area contributed by atoms with Crippen LogP contribution < -0.4 is 22.8 Å². The van der Waals surface area contributed by atoms with Gasteiger partial charge in [0.05, 0.1) is 12.5 Å². The first-order valence-corrected chi connectivity index (χ1v) is 3.26. The number of rotatable bonds is 3. The molecule has 0 aromatic carbocycles. The average molecular weight is 175 g/mol. The van der Waals surface area contributed by atoms with Gasteiger partial charge >= 0.3 is 0 Å². The van der Waals surface area contributed by atoms with Gasteiger partial charge in [0.1, 0.15) is 0 Å². The summed E-state index contributed by atoms with van der Waals surface area (Å²) in [5, 5.41) is 0.828. The van der Waals surface area contributed by atoms with E-state index < -0.39 is 17.9 Å². The van der Waals surface area contributed by atoms with Crippen molar-refractivity contribution in [1.82, 2.24) is 10.4 Å². The molecule has 0 aliphatic rings. The number of amides is 2. The Kier molecular flexibility index (Phi) is 4.19. The highest BCUT2D eigenvalue weighted by atomic mass is 16.2. The van der Waals surface area contributed by atoms with Crippen molar-refractivity contribution in [3.8, 4) is 0 Å². The molecule has 7 N–H and O–H groups in total. The van der Waals surface area contributed by atoms with Gasteiger partial charge < -0.3 is 5.73 Å². The van der Waals surface area contributed by atoms with Crippen LogP contribution in [0.25, 0.3) is 0 Å². The molecule has 12 heavy (non-hydrogen) atoms. The van der Waals surface area contributed by atoms with Gasteiger partial charge in [-0.1, -0.05) is 0 Å². The molecule has 0 radical (unpaired) electrons. The number of nitrogens with one attached hydrogen (secondary N) is 1. The first kappa shape index (κ1) is 10.8. The van der Waals surface area contributed by atoms with Gasteiger partial charge in [-0.3, -0.25) is 20.0 Å². The van der Waals surface area contributed by atoms with E-state index in [4.69, 9.17) is 17.4 Å². The van der Waals surface area contributed by atoms with E-state index in [9.17, 15) is 9.59 Å². The minimum absolute atomic E-state index is 0.170. The Labute approximate surface area is 69.8 Å². The number of hydrogen-bond acceptors (Lipinski definition) is 5. The summed E-state index contributed by atoms with van der Waals surface area (Å²) in [5.74, 6) is 8.86. The minimum atomic E-state index is -0.941. The van der Waals surface area contributed by atoms with Crippen LogP contribution in [0.5, 0.6) is 0 Å². The van der Waals surface area contributed by atoms with E-state index in [-0.39, 0.29) is 6.42 Å². The summed E-state index contributed by atoms with van der Waals surface area (Å²) in [6.07, 6.45) is -0.170. The molecule has 0 saturated heterocycles. The van der Waals surface area contributed by atoms with E-state index in [0.29, 0.717) is 0 Å². The topological polar surface area (TPSA) is 127 Å². The molecule has 0 saturated carbocycles. The van der Waals surface area contributed by atoms with Gasteiger partial charge in [0.25, 0.3) is 5.91 Å². The van der Waals surface area contributed by atoms with Gasteiger partial charge in [0, 0.05) is 7.05 Å². The largest absolute Gasteiger partial charge is 0.319 e. The second-order valence-electron chi connectivity index (χ2n) is 2.33. The highest BCUT2D eigenvalue weighted by Gasteiger charge is 2.18. The lowest BCUT2D eigenvalue weighted by atomic mass is 10.2. The van der Waals surface area contributed by atoms with Gasteiger partial charge in [-0.2, -0.15) is 0 Å². The zero-order valence-electron chi connectivity index (χ0n) is 6.78. The summed E-state index contributed by atoms with van der Waals surface area (Å²) in [5.41, 5.74) is 7.17. The number of nitrogens with two attached hydrogens (primary N) is 3. The SMILES string of the molecule is CN(N)C(=O)[C@@H](N)CC(=O)NN. The van der Waals surface area contributed by atoms with Crippen molar-refractivity contribution >= 4 is 11.8 Å². The molecule has 0 aliphatic heterocycles. The highest BCUT2D eigenvalue weighted by molar-refractivity contribution is 5.87. The summed E-state index contributed by atoms with van der Waals surface area (Å²) >= 11 is 0. The molecule has 0 aromatic rings. The molecule has 0 aromatic heterocycles. The Balaban J connectivity index is 3.95. The second-order valence-corrected chi connectivity index (χ2v) is 2.33. The maximum absolute atomic E-state index is 10.9. The zero-order valence-corrected chi connectivity index (χ0v) is 6.78. The molecule has 70 valence electrons. The van der Waals surface area contributed by atoms with Gasteiger partial charge in [-0.25, -0.2) is 11.7 Å². The van der Waals surface area contributed by atoms with Gasteiger partial charge in [0.2, 0.25) is 5.91 Å². The molecule has 7 nitrogen and oxygen atoms in total. The number of hydrazine groups is 2. The monoisotopic (exact) mass is 175 g/mol. The molecule has 7 heteroatoms. The third-order valence-corrected chi connectivity index (χ3v) is 1.23. The Morgan fingerprint density at radius 3 is 2.42 bits per heavy atom. The highest BCUT2D eigenvalue weighted by Crippen LogP contribution is 1.90. The lowest BCUT2D eigenvalue weighted by Crippen LogP contribution is -2.47. The summed E-state index contributed by atoms with van der Waals surface area (Å²) < 4.78 is 0. The predicted octanol–water partition coefficient (Wildman–Crippen LogP) is -2.97. The Hall–Kier alpha value is -1.18. The lowest BCUT2D eigenvalue weighted by molar-refractivity contribution is -0.134. The second kappa shape index (κ2) is 4.65. The molecule has 0 unspecified atom stereocenters. The molecule has 0 bridgehead atoms. The van der Waals surface area contributed by atoms with Crippen LogP contribution in [-0.4, -0.2) is 29.9 Å². The van der Waals surface area contributed by atoms with Crippen molar-refractivity contribution in [2.75, 3.05) is 7.05 Å². The van der Waals surface area contributed by atoms with Crippen LogP contribution in [0, 0.1) is 0 Å². The van der Waals surface area contributed by atoms with Gasteiger partial charge in [-0.15, -0.1) is 0 Å². The third kappa shape index (κ3) is 3.28. The molecule has 0 fully saturated rings. The fourth-order valence-corrected chi connectivity index (χ4v) is 0.608. The minimum Gasteiger partial charge on any atom is -0.319 e. The van der Waals surface area contributed by atoms with Crippen molar-refractivity contribution in [3.63, 3.8) is 0 Å². The van der Waals surface area contributed by atoms with E-state index in [1.54, 1.807) is 0 Å². The van der Waals surface area contributed by atoms with Crippen molar-refractivity contribution < 1.29 is 9.59 Å². The third-order valence-electron chi connectivity index (χ3n) is 1.23. The predicted molar refractivity (Wildman–Crippen MR) is 41.9 cm³/mol. The normalized spacial score (nSPS) is 12.0. The molecule has 0 aliphatic carbocycles. The van der Waals surface area contributed by atoms with E-state index in [1.165, 1.54) is 7.05 Å². The smallest absolute Gasteiger partial charge is 0.253 e. The number of hydrogen-bond donors (Lipinski definition) is 4. The first-order valence-electron chi connectivity index (χ1n) is 3.26. The van der Waals surface area contributed by atoms with Gasteiger partial charge in [0.15, 0.2) is 0 Å². The molecule has 2 amide bonds. The van der Waals surface area contributed by atoms with Crippen LogP contribution in [-0.2, 0) is 9.59 Å². The maximum Gasteiger partial charge on any atom is 0.253 e. The molecule has 0 spiro atoms. The number of nitrogens with zero attached hydrogens (tertiary/aromatic N) is 1. The summed E-state index contributed by atoms with van der Waals surface area (Å²) in [6, 6.07) is -0.941. The van der Waals surface area contributed by atoms with Crippen LogP contribution in [0.15, 0.2) is 0 Å². The fourth-order valence-electron chi connectivity index (χ4n) is 0.608. The summed E-state index contributed by atoms with van der Waals surface area (Å²) in [4.78, 5) is 21.6. The first-order chi connectivity index (χ1) is 5.49. The molecular formula is C5H13N5O2. The Morgan fingerprint density at radius 2 is 2.08 bits per heavy atom. The van der Waals surface area contributed by atoms with Crippen molar-refractivity contribution in [2.45, 2.75) is 12.5 Å². The van der Waals surface area contributed by atoms with Crippen molar-refractivity contribution in [3.05, 3.63) is 0 Å². The van der Waals surface area contributed by atoms with Crippen LogP contribution in [0.2, 0.25) is 0 Å². The summed E-state index contributed by atoms with van der Waals surface area (Å²) in [6.45, 7) is 0. The number of likely N-dealkylation sites (N-methyl/N-ethyl adjacent to an activating group) is 1. The van der Waals surface area contributed by atoms with Crippen LogP contribution in [0.3, 0.4) is 0 Å². The molecule has 1 atom stereocenters. The van der Waals surface area contributed by atoms with E-state index in [1.807, 2.05) is 5.43 Å². The average Bonchev–Trinajstić information content (AvgIpc) is 2.02. The van der Waals surface area contributed by atoms with Crippen molar-refractivity contribution in [1.29, 1.82) is 0 Å². The van der Waals surface area contributed by atoms with Gasteiger partial charge in [-0.05, 0) is 0 Å². The fraction of sp³-hybridized carbons (Fsp3) is 0.600. The van der Waals surface area contributed by atoms with Crippen LogP contribution >= 0.6 is 0 Å².